The van der Waals surface area contributed by atoms with Gasteiger partial charge >= 0.3 is 0 Å². The molecule has 6 nitrogen and oxygen atoms in total. The number of primary amides is 1. The summed E-state index contributed by atoms with van der Waals surface area (Å²) in [5.74, 6) is 1.23. The molecule has 2 aromatic carbocycles. The zero-order chi connectivity index (χ0) is 26.1. The van der Waals surface area contributed by atoms with Crippen LogP contribution in [0.4, 0.5) is 0 Å². The Bertz CT molecular complexity index is 983. The third-order valence-electron chi connectivity index (χ3n) is 6.12. The number of rotatable bonds is 13. The number of ether oxygens (including phenoxy) is 2. The molecule has 0 bridgehead atoms. The van der Waals surface area contributed by atoms with Gasteiger partial charge in [-0.25, -0.2) is 0 Å². The highest BCUT2D eigenvalue weighted by molar-refractivity contribution is 5.97. The zero-order valence-electron chi connectivity index (χ0n) is 22.4. The summed E-state index contributed by atoms with van der Waals surface area (Å²) in [6, 6.07) is 9.63. The van der Waals surface area contributed by atoms with E-state index >= 15 is 0 Å². The summed E-state index contributed by atoms with van der Waals surface area (Å²) in [5, 5.41) is 0. The highest BCUT2D eigenvalue weighted by atomic mass is 16.5. The summed E-state index contributed by atoms with van der Waals surface area (Å²) in [4.78, 5) is 26.6. The number of amides is 2. The molecule has 0 aliphatic heterocycles. The molecule has 0 aliphatic carbocycles. The van der Waals surface area contributed by atoms with Gasteiger partial charge in [-0.1, -0.05) is 6.92 Å². The van der Waals surface area contributed by atoms with Gasteiger partial charge in [-0.15, -0.1) is 0 Å². The molecule has 2 aromatic rings. The second kappa shape index (κ2) is 13.2. The summed E-state index contributed by atoms with van der Waals surface area (Å²) in [6.07, 6.45) is 3.53. The molecule has 0 radical (unpaired) electrons. The highest BCUT2D eigenvalue weighted by Gasteiger charge is 2.24. The number of nitrogens with two attached hydrogens (primary N) is 1. The van der Waals surface area contributed by atoms with Crippen LogP contribution in [-0.2, 0) is 6.42 Å². The molecule has 0 saturated heterocycles. The second-order valence-corrected chi connectivity index (χ2v) is 9.63. The predicted molar refractivity (Wildman–Crippen MR) is 142 cm³/mol. The van der Waals surface area contributed by atoms with Crippen molar-refractivity contribution in [2.45, 2.75) is 86.2 Å². The lowest BCUT2D eigenvalue weighted by molar-refractivity contribution is 0.0642. The summed E-state index contributed by atoms with van der Waals surface area (Å²) in [7, 11) is 0. The molecule has 35 heavy (non-hydrogen) atoms. The molecule has 0 aliphatic rings. The van der Waals surface area contributed by atoms with E-state index in [1.807, 2.05) is 71.6 Å². The van der Waals surface area contributed by atoms with Crippen LogP contribution in [0.2, 0.25) is 0 Å². The molecule has 2 amide bonds. The number of hydrogen-bond donors (Lipinski definition) is 1. The van der Waals surface area contributed by atoms with E-state index in [0.29, 0.717) is 18.8 Å². The number of hydrogen-bond acceptors (Lipinski definition) is 4. The molecule has 2 rings (SSSR count). The average molecular weight is 483 g/mol. The first kappa shape index (κ1) is 28.2. The van der Waals surface area contributed by atoms with E-state index < -0.39 is 5.91 Å². The topological polar surface area (TPSA) is 81.9 Å². The minimum Gasteiger partial charge on any atom is -0.494 e. The molecule has 0 atom stereocenters. The van der Waals surface area contributed by atoms with E-state index in [2.05, 4.69) is 0 Å². The maximum absolute atomic E-state index is 13.2. The van der Waals surface area contributed by atoms with Crippen LogP contribution in [0.3, 0.4) is 0 Å². The molecule has 0 aromatic heterocycles. The van der Waals surface area contributed by atoms with Crippen molar-refractivity contribution in [1.82, 2.24) is 4.90 Å². The molecule has 0 saturated carbocycles. The molecular weight excluding hydrogens is 440 g/mol. The van der Waals surface area contributed by atoms with E-state index in [4.69, 9.17) is 15.2 Å². The van der Waals surface area contributed by atoms with Crippen molar-refractivity contribution in [1.29, 1.82) is 0 Å². The van der Waals surface area contributed by atoms with Gasteiger partial charge in [0.25, 0.3) is 5.91 Å². The fraction of sp³-hybridized carbons (Fsp3) is 0.517. The summed E-state index contributed by atoms with van der Waals surface area (Å²) < 4.78 is 11.8. The Balaban J connectivity index is 1.82. The van der Waals surface area contributed by atoms with Crippen LogP contribution in [-0.4, -0.2) is 42.0 Å². The van der Waals surface area contributed by atoms with Crippen LogP contribution in [0, 0.1) is 13.8 Å². The number of unbranched alkanes of at least 4 members (excludes halogenated alkanes) is 2. The van der Waals surface area contributed by atoms with Crippen LogP contribution in [0.25, 0.3) is 0 Å². The van der Waals surface area contributed by atoms with E-state index in [1.54, 1.807) is 12.1 Å². The third-order valence-corrected chi connectivity index (χ3v) is 6.12. The lowest BCUT2D eigenvalue weighted by atomic mass is 9.99. The zero-order valence-corrected chi connectivity index (χ0v) is 22.4. The molecule has 0 unspecified atom stereocenters. The van der Waals surface area contributed by atoms with Crippen molar-refractivity contribution in [2.24, 2.45) is 5.73 Å². The van der Waals surface area contributed by atoms with Gasteiger partial charge in [-0.3, -0.25) is 9.59 Å². The number of carbonyl (C=O) groups excluding carboxylic acids is 2. The first-order valence-corrected chi connectivity index (χ1v) is 12.7. The van der Waals surface area contributed by atoms with Crippen LogP contribution in [0.15, 0.2) is 30.3 Å². The van der Waals surface area contributed by atoms with Crippen molar-refractivity contribution in [2.75, 3.05) is 13.2 Å². The van der Waals surface area contributed by atoms with Gasteiger partial charge < -0.3 is 20.1 Å². The monoisotopic (exact) mass is 482 g/mol. The van der Waals surface area contributed by atoms with E-state index in [-0.39, 0.29) is 18.0 Å². The Hall–Kier alpha value is -3.02. The molecular formula is C29H42N2O4. The van der Waals surface area contributed by atoms with Gasteiger partial charge in [0, 0.05) is 23.2 Å². The Kier molecular flexibility index (Phi) is 10.6. The van der Waals surface area contributed by atoms with Gasteiger partial charge in [-0.2, -0.15) is 0 Å². The third kappa shape index (κ3) is 7.74. The molecule has 6 heteroatoms. The van der Waals surface area contributed by atoms with Crippen molar-refractivity contribution in [3.05, 3.63) is 58.1 Å². The van der Waals surface area contributed by atoms with Gasteiger partial charge in [-0.05, 0) is 114 Å². The van der Waals surface area contributed by atoms with Gasteiger partial charge in [0.15, 0.2) is 0 Å². The number of benzene rings is 2. The van der Waals surface area contributed by atoms with Crippen LogP contribution in [0.5, 0.6) is 11.5 Å². The minimum absolute atomic E-state index is 0.0758. The Morgan fingerprint density at radius 3 is 1.89 bits per heavy atom. The molecule has 0 heterocycles. The van der Waals surface area contributed by atoms with Gasteiger partial charge in [0.1, 0.15) is 11.5 Å². The van der Waals surface area contributed by atoms with Crippen molar-refractivity contribution in [3.63, 3.8) is 0 Å². The summed E-state index contributed by atoms with van der Waals surface area (Å²) in [5.41, 5.74) is 9.53. The van der Waals surface area contributed by atoms with Gasteiger partial charge in [0.2, 0.25) is 5.91 Å². The first-order valence-electron chi connectivity index (χ1n) is 12.7. The van der Waals surface area contributed by atoms with E-state index in [9.17, 15) is 9.59 Å². The van der Waals surface area contributed by atoms with Crippen LogP contribution in [0.1, 0.15) is 91.3 Å². The molecule has 2 N–H and O–H groups in total. The van der Waals surface area contributed by atoms with E-state index in [1.165, 1.54) is 0 Å². The quantitative estimate of drug-likeness (QED) is 0.363. The van der Waals surface area contributed by atoms with Crippen molar-refractivity contribution >= 4 is 11.8 Å². The lowest BCUT2D eigenvalue weighted by Crippen LogP contribution is -2.42. The smallest absolute Gasteiger partial charge is 0.254 e. The van der Waals surface area contributed by atoms with Crippen molar-refractivity contribution < 1.29 is 19.1 Å². The standard InChI is InChI=1S/C29H42N2O4/c1-8-23-18-24(12-13-26(23)28(30)32)34-14-10-9-11-15-35-25-16-21(6)27(22(7)17-25)29(33)31(19(2)3)20(4)5/h12-13,16-20H,8-11,14-15H2,1-7H3,(H2,30,32). The normalized spacial score (nSPS) is 11.1. The fourth-order valence-corrected chi connectivity index (χ4v) is 4.49. The summed E-state index contributed by atoms with van der Waals surface area (Å²) in [6.45, 7) is 15.4. The maximum Gasteiger partial charge on any atom is 0.254 e. The fourth-order valence-electron chi connectivity index (χ4n) is 4.49. The maximum atomic E-state index is 13.2. The van der Waals surface area contributed by atoms with Crippen molar-refractivity contribution in [3.8, 4) is 11.5 Å². The summed E-state index contributed by atoms with van der Waals surface area (Å²) >= 11 is 0. The number of carbonyl (C=O) groups is 2. The predicted octanol–water partition coefficient (Wildman–Crippen LogP) is 5.85. The van der Waals surface area contributed by atoms with Crippen LogP contribution < -0.4 is 15.2 Å². The SMILES string of the molecule is CCc1cc(OCCCCCOc2cc(C)c(C(=O)N(C(C)C)C(C)C)c(C)c2)ccc1C(N)=O. The molecule has 0 spiro atoms. The Labute approximate surface area is 210 Å². The first-order chi connectivity index (χ1) is 16.6. The Morgan fingerprint density at radius 1 is 0.857 bits per heavy atom. The van der Waals surface area contributed by atoms with Gasteiger partial charge in [0.05, 0.1) is 13.2 Å². The van der Waals surface area contributed by atoms with E-state index in [0.717, 1.165) is 59.4 Å². The van der Waals surface area contributed by atoms with Crippen LogP contribution >= 0.6 is 0 Å². The minimum atomic E-state index is -0.409. The highest BCUT2D eigenvalue weighted by Crippen LogP contribution is 2.25. The molecule has 192 valence electrons. The second-order valence-electron chi connectivity index (χ2n) is 9.63. The number of nitrogens with zero attached hydrogens (tertiary/aromatic N) is 1. The number of aryl methyl sites for hydroxylation is 3. The lowest BCUT2D eigenvalue weighted by Gasteiger charge is -2.32. The largest absolute Gasteiger partial charge is 0.494 e. The average Bonchev–Trinajstić information content (AvgIpc) is 2.77. The molecule has 0 fully saturated rings. The Morgan fingerprint density at radius 2 is 1.40 bits per heavy atom.